The molecular formula is C22H25ClN4O4. The highest BCUT2D eigenvalue weighted by molar-refractivity contribution is 6.35. The minimum Gasteiger partial charge on any atom is -0.482 e. The highest BCUT2D eigenvalue weighted by Crippen LogP contribution is 2.25. The van der Waals surface area contributed by atoms with Gasteiger partial charge in [-0.25, -0.2) is 5.43 Å². The number of amides is 3. The van der Waals surface area contributed by atoms with Crippen LogP contribution in [0.15, 0.2) is 41.5 Å². The summed E-state index contributed by atoms with van der Waals surface area (Å²) in [7, 11) is 0. The Labute approximate surface area is 186 Å². The molecule has 8 nitrogen and oxygen atoms in total. The molecule has 164 valence electrons. The second kappa shape index (κ2) is 11.1. The molecule has 0 radical (unpaired) electrons. The number of benzene rings is 2. The van der Waals surface area contributed by atoms with Crippen molar-refractivity contribution in [1.82, 2.24) is 10.7 Å². The van der Waals surface area contributed by atoms with Gasteiger partial charge in [-0.15, -0.1) is 0 Å². The number of aryl methyl sites for hydroxylation is 2. The van der Waals surface area contributed by atoms with Crippen molar-refractivity contribution in [2.45, 2.75) is 33.7 Å². The molecule has 2 rings (SSSR count). The zero-order chi connectivity index (χ0) is 23.0. The minimum absolute atomic E-state index is 0.156. The monoisotopic (exact) mass is 444 g/mol. The number of nitrogens with one attached hydrogen (secondary N) is 3. The summed E-state index contributed by atoms with van der Waals surface area (Å²) in [5.41, 5.74) is 5.50. The summed E-state index contributed by atoms with van der Waals surface area (Å²) >= 11 is 6.20. The largest absolute Gasteiger partial charge is 0.482 e. The first-order chi connectivity index (χ1) is 14.7. The maximum atomic E-state index is 12.2. The van der Waals surface area contributed by atoms with E-state index in [9.17, 15) is 14.4 Å². The summed E-state index contributed by atoms with van der Waals surface area (Å²) in [5.74, 6) is -1.62. The van der Waals surface area contributed by atoms with Crippen LogP contribution < -0.4 is 20.8 Å². The molecule has 3 N–H and O–H groups in total. The Morgan fingerprint density at radius 2 is 1.84 bits per heavy atom. The molecular weight excluding hydrogens is 420 g/mol. The van der Waals surface area contributed by atoms with E-state index in [1.807, 2.05) is 32.0 Å². The van der Waals surface area contributed by atoms with Crippen LogP contribution in [0, 0.1) is 13.8 Å². The van der Waals surface area contributed by atoms with Crippen LogP contribution in [0.1, 0.15) is 30.5 Å². The lowest BCUT2D eigenvalue weighted by atomic mass is 10.1. The number of rotatable bonds is 7. The number of ether oxygens (including phenoxy) is 1. The summed E-state index contributed by atoms with van der Waals surface area (Å²) in [6.45, 7) is 7.18. The molecule has 0 fully saturated rings. The number of nitrogens with zero attached hydrogens (tertiary/aromatic N) is 1. The average Bonchev–Trinajstić information content (AvgIpc) is 2.69. The molecule has 3 amide bonds. The SMILES string of the molecule is Cc1ccc(NC(=O)COc2ccc(/C=N\NC(=O)C(=O)NC(C)C)cc2Cl)c(C)c1. The predicted octanol–water partition coefficient (Wildman–Crippen LogP) is 2.95. The minimum atomic E-state index is -0.870. The van der Waals surface area contributed by atoms with Crippen LogP contribution in [0.5, 0.6) is 5.75 Å². The molecule has 0 unspecified atom stereocenters. The van der Waals surface area contributed by atoms with Crippen molar-refractivity contribution in [2.24, 2.45) is 5.10 Å². The van der Waals surface area contributed by atoms with Crippen molar-refractivity contribution in [3.8, 4) is 5.75 Å². The Balaban J connectivity index is 1.88. The normalized spacial score (nSPS) is 10.8. The van der Waals surface area contributed by atoms with E-state index in [1.54, 1.807) is 32.0 Å². The molecule has 0 aromatic heterocycles. The van der Waals surface area contributed by atoms with Crippen molar-refractivity contribution < 1.29 is 19.1 Å². The summed E-state index contributed by atoms with van der Waals surface area (Å²) in [6.07, 6.45) is 1.34. The van der Waals surface area contributed by atoms with Crippen LogP contribution in [-0.2, 0) is 14.4 Å². The van der Waals surface area contributed by atoms with Crippen molar-refractivity contribution in [3.63, 3.8) is 0 Å². The summed E-state index contributed by atoms with van der Waals surface area (Å²) < 4.78 is 5.49. The van der Waals surface area contributed by atoms with Crippen molar-refractivity contribution in [3.05, 3.63) is 58.1 Å². The van der Waals surface area contributed by atoms with E-state index in [1.165, 1.54) is 6.21 Å². The molecule has 0 aliphatic heterocycles. The Morgan fingerprint density at radius 3 is 2.48 bits per heavy atom. The van der Waals surface area contributed by atoms with Crippen molar-refractivity contribution in [2.75, 3.05) is 11.9 Å². The molecule has 0 aliphatic carbocycles. The van der Waals surface area contributed by atoms with Gasteiger partial charge in [0.05, 0.1) is 11.2 Å². The van der Waals surface area contributed by atoms with Gasteiger partial charge in [0.1, 0.15) is 5.75 Å². The molecule has 0 saturated carbocycles. The number of carbonyl (C=O) groups is 3. The van der Waals surface area contributed by atoms with E-state index >= 15 is 0 Å². The van der Waals surface area contributed by atoms with E-state index in [0.717, 1.165) is 16.8 Å². The zero-order valence-corrected chi connectivity index (χ0v) is 18.5. The lowest BCUT2D eigenvalue weighted by Crippen LogP contribution is -2.41. The highest BCUT2D eigenvalue weighted by atomic mass is 35.5. The fraction of sp³-hybridized carbons (Fsp3) is 0.273. The molecule has 2 aromatic carbocycles. The van der Waals surface area contributed by atoms with Crippen LogP contribution in [-0.4, -0.2) is 36.6 Å². The van der Waals surface area contributed by atoms with Gasteiger partial charge in [-0.1, -0.05) is 29.3 Å². The third kappa shape index (κ3) is 7.75. The van der Waals surface area contributed by atoms with E-state index < -0.39 is 11.8 Å². The highest BCUT2D eigenvalue weighted by Gasteiger charge is 2.13. The Kier molecular flexibility index (Phi) is 8.57. The van der Waals surface area contributed by atoms with Gasteiger partial charge in [0.15, 0.2) is 6.61 Å². The van der Waals surface area contributed by atoms with Gasteiger partial charge in [0.2, 0.25) is 0 Å². The fourth-order valence-corrected chi connectivity index (χ4v) is 2.79. The zero-order valence-electron chi connectivity index (χ0n) is 17.8. The van der Waals surface area contributed by atoms with Crippen LogP contribution in [0.4, 0.5) is 5.69 Å². The molecule has 31 heavy (non-hydrogen) atoms. The second-order valence-corrected chi connectivity index (χ2v) is 7.58. The van der Waals surface area contributed by atoms with Gasteiger partial charge in [0, 0.05) is 11.7 Å². The van der Waals surface area contributed by atoms with E-state index in [-0.39, 0.29) is 23.6 Å². The molecule has 9 heteroatoms. The van der Waals surface area contributed by atoms with Crippen LogP contribution >= 0.6 is 11.6 Å². The first-order valence-electron chi connectivity index (χ1n) is 9.59. The number of anilines is 1. The lowest BCUT2D eigenvalue weighted by Gasteiger charge is -2.11. The number of halogens is 1. The number of hydrogen-bond acceptors (Lipinski definition) is 5. The molecule has 0 atom stereocenters. The van der Waals surface area contributed by atoms with Gasteiger partial charge >= 0.3 is 11.8 Å². The first kappa shape index (κ1) is 23.9. The van der Waals surface area contributed by atoms with Crippen LogP contribution in [0.2, 0.25) is 5.02 Å². The van der Waals surface area contributed by atoms with Crippen molar-refractivity contribution in [1.29, 1.82) is 0 Å². The summed E-state index contributed by atoms with van der Waals surface area (Å²) in [4.78, 5) is 35.2. The van der Waals surface area contributed by atoms with Gasteiger partial charge in [-0.05, 0) is 63.1 Å². The van der Waals surface area contributed by atoms with Crippen LogP contribution in [0.25, 0.3) is 0 Å². The maximum Gasteiger partial charge on any atom is 0.329 e. The van der Waals surface area contributed by atoms with Crippen molar-refractivity contribution >= 4 is 41.2 Å². The number of carbonyl (C=O) groups excluding carboxylic acids is 3. The molecule has 0 aliphatic rings. The quantitative estimate of drug-likeness (QED) is 0.346. The predicted molar refractivity (Wildman–Crippen MR) is 121 cm³/mol. The fourth-order valence-electron chi connectivity index (χ4n) is 2.54. The standard InChI is InChI=1S/C22H25ClN4O4/c1-13(2)25-21(29)22(30)27-24-11-16-6-8-19(17(23)10-16)31-12-20(28)26-18-7-5-14(3)9-15(18)4/h5-11,13H,12H2,1-4H3,(H,25,29)(H,26,28)(H,27,30)/b24-11-. The van der Waals surface area contributed by atoms with Gasteiger partial charge < -0.3 is 15.4 Å². The summed E-state index contributed by atoms with van der Waals surface area (Å²) in [5, 5.41) is 9.25. The Hall–Kier alpha value is -3.39. The second-order valence-electron chi connectivity index (χ2n) is 7.17. The maximum absolute atomic E-state index is 12.2. The molecule has 0 bridgehead atoms. The third-order valence-corrected chi connectivity index (χ3v) is 4.27. The van der Waals surface area contributed by atoms with Gasteiger partial charge in [0.25, 0.3) is 5.91 Å². The number of hydrazone groups is 1. The molecule has 2 aromatic rings. The topological polar surface area (TPSA) is 109 Å². The van der Waals surface area contributed by atoms with E-state index in [4.69, 9.17) is 16.3 Å². The van der Waals surface area contributed by atoms with Gasteiger partial charge in [-0.2, -0.15) is 5.10 Å². The molecule has 0 spiro atoms. The third-order valence-electron chi connectivity index (χ3n) is 3.98. The average molecular weight is 445 g/mol. The van der Waals surface area contributed by atoms with Gasteiger partial charge in [-0.3, -0.25) is 14.4 Å². The first-order valence-corrected chi connectivity index (χ1v) is 9.97. The summed E-state index contributed by atoms with van der Waals surface area (Å²) in [6, 6.07) is 10.4. The van der Waals surface area contributed by atoms with E-state index in [0.29, 0.717) is 11.3 Å². The smallest absolute Gasteiger partial charge is 0.329 e. The molecule has 0 heterocycles. The Morgan fingerprint density at radius 1 is 1.10 bits per heavy atom. The number of hydrogen-bond donors (Lipinski definition) is 3. The Bertz CT molecular complexity index is 1010. The lowest BCUT2D eigenvalue weighted by molar-refractivity contribution is -0.139. The van der Waals surface area contributed by atoms with E-state index in [2.05, 4.69) is 21.2 Å². The molecule has 0 saturated heterocycles. The van der Waals surface area contributed by atoms with Crippen LogP contribution in [0.3, 0.4) is 0 Å².